The van der Waals surface area contributed by atoms with Gasteiger partial charge in [0, 0.05) is 29.6 Å². The van der Waals surface area contributed by atoms with Crippen LogP contribution in [-0.4, -0.2) is 31.2 Å². The van der Waals surface area contributed by atoms with Crippen LogP contribution in [-0.2, 0) is 4.79 Å². The van der Waals surface area contributed by atoms with Crippen molar-refractivity contribution < 1.29 is 9.32 Å². The molecule has 0 saturated heterocycles. The number of rotatable bonds is 3. The number of benzene rings is 1. The summed E-state index contributed by atoms with van der Waals surface area (Å²) in [5, 5.41) is 17.6. The Hall–Kier alpha value is -3.49. The fourth-order valence-electron chi connectivity index (χ4n) is 2.38. The van der Waals surface area contributed by atoms with Crippen LogP contribution < -0.4 is 10.6 Å². The highest BCUT2D eigenvalue weighted by molar-refractivity contribution is 6.01. The van der Waals surface area contributed by atoms with Crippen molar-refractivity contribution in [2.45, 2.75) is 20.8 Å². The van der Waals surface area contributed by atoms with Crippen LogP contribution in [0.5, 0.6) is 0 Å². The largest absolute Gasteiger partial charge is 0.354 e. The maximum absolute atomic E-state index is 12.1. The smallest absolute Gasteiger partial charge is 0.231 e. The standard InChI is InChI=1S/C17H17N7O2/c1-17(2,3)16(25)21-13-10-5-4-9(8-11(10)26-24-13)20-15-12-14(22-23-15)19-7-6-18-12/h4-8H,1-3H3,(H,21,24,25)(H2,19,20,22,23). The molecular weight excluding hydrogens is 334 g/mol. The summed E-state index contributed by atoms with van der Waals surface area (Å²) in [6, 6.07) is 5.46. The van der Waals surface area contributed by atoms with Gasteiger partial charge >= 0.3 is 0 Å². The first-order chi connectivity index (χ1) is 12.4. The second-order valence-corrected chi connectivity index (χ2v) is 6.90. The van der Waals surface area contributed by atoms with E-state index in [0.717, 1.165) is 11.1 Å². The van der Waals surface area contributed by atoms with Gasteiger partial charge in [0.25, 0.3) is 0 Å². The van der Waals surface area contributed by atoms with E-state index in [0.29, 0.717) is 28.4 Å². The van der Waals surface area contributed by atoms with Crippen molar-refractivity contribution in [1.29, 1.82) is 0 Å². The fraction of sp³-hybridized carbons (Fsp3) is 0.235. The number of aromatic amines is 1. The van der Waals surface area contributed by atoms with Gasteiger partial charge < -0.3 is 15.2 Å². The van der Waals surface area contributed by atoms with Crippen LogP contribution in [0.4, 0.5) is 17.3 Å². The van der Waals surface area contributed by atoms with E-state index in [2.05, 4.69) is 36.0 Å². The quantitative estimate of drug-likeness (QED) is 0.518. The Morgan fingerprint density at radius 3 is 2.77 bits per heavy atom. The van der Waals surface area contributed by atoms with Gasteiger partial charge in [-0.15, -0.1) is 0 Å². The molecule has 0 aliphatic rings. The Labute approximate surface area is 148 Å². The van der Waals surface area contributed by atoms with E-state index >= 15 is 0 Å². The lowest BCUT2D eigenvalue weighted by Gasteiger charge is -2.16. The van der Waals surface area contributed by atoms with Crippen molar-refractivity contribution in [2.24, 2.45) is 5.41 Å². The Balaban J connectivity index is 1.62. The van der Waals surface area contributed by atoms with E-state index < -0.39 is 5.41 Å². The van der Waals surface area contributed by atoms with Crippen molar-refractivity contribution >= 4 is 45.4 Å². The van der Waals surface area contributed by atoms with Crippen molar-refractivity contribution in [3.8, 4) is 0 Å². The summed E-state index contributed by atoms with van der Waals surface area (Å²) < 4.78 is 5.35. The molecule has 1 aromatic carbocycles. The number of H-pyrrole nitrogens is 1. The number of hydrogen-bond donors (Lipinski definition) is 3. The van der Waals surface area contributed by atoms with Crippen LogP contribution in [0.25, 0.3) is 22.1 Å². The summed E-state index contributed by atoms with van der Waals surface area (Å²) in [4.78, 5) is 20.6. The van der Waals surface area contributed by atoms with E-state index in [9.17, 15) is 4.79 Å². The Morgan fingerprint density at radius 2 is 1.96 bits per heavy atom. The molecule has 0 atom stereocenters. The van der Waals surface area contributed by atoms with Crippen molar-refractivity contribution in [1.82, 2.24) is 25.3 Å². The minimum atomic E-state index is -0.519. The molecule has 3 aromatic heterocycles. The van der Waals surface area contributed by atoms with E-state index in [1.165, 1.54) is 0 Å². The molecule has 0 spiro atoms. The molecule has 0 aliphatic heterocycles. The van der Waals surface area contributed by atoms with Gasteiger partial charge in [0.15, 0.2) is 28.4 Å². The predicted octanol–water partition coefficient (Wildman–Crippen LogP) is 3.22. The SMILES string of the molecule is CC(C)(C)C(=O)Nc1noc2cc(Nc3n[nH]c4nccnc34)ccc12. The summed E-state index contributed by atoms with van der Waals surface area (Å²) in [6.07, 6.45) is 3.20. The normalized spacial score (nSPS) is 11.8. The molecule has 3 N–H and O–H groups in total. The number of fused-ring (bicyclic) bond motifs is 2. The number of nitrogens with one attached hydrogen (secondary N) is 3. The molecule has 26 heavy (non-hydrogen) atoms. The minimum Gasteiger partial charge on any atom is -0.354 e. The zero-order valence-corrected chi connectivity index (χ0v) is 14.5. The molecule has 132 valence electrons. The first-order valence-corrected chi connectivity index (χ1v) is 8.05. The van der Waals surface area contributed by atoms with Gasteiger partial charge in [-0.05, 0) is 12.1 Å². The molecule has 0 unspecified atom stereocenters. The number of carbonyl (C=O) groups excluding carboxylic acids is 1. The molecule has 4 aromatic rings. The van der Waals surface area contributed by atoms with Crippen LogP contribution in [0.1, 0.15) is 20.8 Å². The molecule has 9 nitrogen and oxygen atoms in total. The first kappa shape index (κ1) is 16.0. The van der Waals surface area contributed by atoms with Crippen molar-refractivity contribution in [3.63, 3.8) is 0 Å². The maximum atomic E-state index is 12.1. The van der Waals surface area contributed by atoms with E-state index in [1.807, 2.05) is 32.9 Å². The fourth-order valence-corrected chi connectivity index (χ4v) is 2.38. The highest BCUT2D eigenvalue weighted by atomic mass is 16.5. The summed E-state index contributed by atoms with van der Waals surface area (Å²) in [6.45, 7) is 5.51. The average molecular weight is 351 g/mol. The van der Waals surface area contributed by atoms with E-state index in [1.54, 1.807) is 18.5 Å². The number of nitrogens with zero attached hydrogens (tertiary/aromatic N) is 4. The number of amides is 1. The first-order valence-electron chi connectivity index (χ1n) is 8.05. The van der Waals surface area contributed by atoms with Gasteiger partial charge in [0.1, 0.15) is 0 Å². The van der Waals surface area contributed by atoms with Gasteiger partial charge in [-0.3, -0.25) is 9.89 Å². The molecular formula is C17H17N7O2. The van der Waals surface area contributed by atoms with Crippen LogP contribution in [0.3, 0.4) is 0 Å². The summed E-state index contributed by atoms with van der Waals surface area (Å²) in [5.41, 5.74) is 2.02. The van der Waals surface area contributed by atoms with Crippen LogP contribution in [0, 0.1) is 5.41 Å². The molecule has 1 amide bonds. The van der Waals surface area contributed by atoms with Gasteiger partial charge in [-0.2, -0.15) is 5.10 Å². The zero-order valence-electron chi connectivity index (χ0n) is 14.5. The number of anilines is 3. The maximum Gasteiger partial charge on any atom is 0.231 e. The van der Waals surface area contributed by atoms with Gasteiger partial charge in [-0.25, -0.2) is 9.97 Å². The molecule has 0 bridgehead atoms. The summed E-state index contributed by atoms with van der Waals surface area (Å²) in [5.74, 6) is 0.840. The number of hydrogen-bond acceptors (Lipinski definition) is 7. The van der Waals surface area contributed by atoms with Crippen LogP contribution in [0.2, 0.25) is 0 Å². The van der Waals surface area contributed by atoms with Crippen molar-refractivity contribution in [3.05, 3.63) is 30.6 Å². The third kappa shape index (κ3) is 2.83. The monoisotopic (exact) mass is 351 g/mol. The van der Waals surface area contributed by atoms with Gasteiger partial charge in [0.2, 0.25) is 5.91 Å². The number of aromatic nitrogens is 5. The highest BCUT2D eigenvalue weighted by Gasteiger charge is 2.23. The zero-order chi connectivity index (χ0) is 18.3. The Kier molecular flexibility index (Phi) is 3.57. The topological polar surface area (TPSA) is 122 Å². The van der Waals surface area contributed by atoms with Crippen LogP contribution in [0.15, 0.2) is 35.1 Å². The summed E-state index contributed by atoms with van der Waals surface area (Å²) in [7, 11) is 0. The molecule has 9 heteroatoms. The molecule has 0 aliphatic carbocycles. The average Bonchev–Trinajstić information content (AvgIpc) is 3.19. The molecule has 0 radical (unpaired) electrons. The Morgan fingerprint density at radius 1 is 1.15 bits per heavy atom. The van der Waals surface area contributed by atoms with Gasteiger partial charge in [0.05, 0.1) is 5.39 Å². The third-order valence-corrected chi connectivity index (χ3v) is 3.84. The second-order valence-electron chi connectivity index (χ2n) is 6.90. The summed E-state index contributed by atoms with van der Waals surface area (Å²) >= 11 is 0. The minimum absolute atomic E-state index is 0.128. The Bertz CT molecular complexity index is 1110. The lowest BCUT2D eigenvalue weighted by atomic mass is 9.96. The molecule has 4 rings (SSSR count). The lowest BCUT2D eigenvalue weighted by Crippen LogP contribution is -2.27. The van der Waals surface area contributed by atoms with E-state index in [4.69, 9.17) is 4.52 Å². The lowest BCUT2D eigenvalue weighted by molar-refractivity contribution is -0.123. The molecule has 0 fully saturated rings. The second kappa shape index (κ2) is 5.80. The number of carbonyl (C=O) groups is 1. The van der Waals surface area contributed by atoms with Crippen LogP contribution >= 0.6 is 0 Å². The van der Waals surface area contributed by atoms with E-state index in [-0.39, 0.29) is 5.91 Å². The van der Waals surface area contributed by atoms with Gasteiger partial charge in [-0.1, -0.05) is 25.9 Å². The van der Waals surface area contributed by atoms with Crippen molar-refractivity contribution in [2.75, 3.05) is 10.6 Å². The highest BCUT2D eigenvalue weighted by Crippen LogP contribution is 2.29. The predicted molar refractivity (Wildman–Crippen MR) is 97.1 cm³/mol. The molecule has 3 heterocycles. The molecule has 0 saturated carbocycles. The third-order valence-electron chi connectivity index (χ3n) is 3.84.